The van der Waals surface area contributed by atoms with Gasteiger partial charge in [0.15, 0.2) is 0 Å². The number of thioether (sulfide) groups is 1. The third-order valence-corrected chi connectivity index (χ3v) is 2.36. The van der Waals surface area contributed by atoms with Crippen molar-refractivity contribution in [2.45, 2.75) is 6.04 Å². The number of hydrogen-bond acceptors (Lipinski definition) is 4. The Morgan fingerprint density at radius 3 is 2.67 bits per heavy atom. The molecule has 1 atom stereocenters. The van der Waals surface area contributed by atoms with Crippen LogP contribution in [0, 0.1) is 0 Å². The lowest BCUT2D eigenvalue weighted by atomic mass is 10.4. The minimum atomic E-state index is -0.924. The van der Waals surface area contributed by atoms with E-state index in [0.717, 1.165) is 12.3 Å². The second kappa shape index (κ2) is 6.28. The fourth-order valence-electron chi connectivity index (χ4n) is 0.529. The van der Waals surface area contributed by atoms with E-state index >= 15 is 0 Å². The van der Waals surface area contributed by atoms with E-state index in [9.17, 15) is 4.79 Å². The highest BCUT2D eigenvalue weighted by Gasteiger charge is 2.10. The summed E-state index contributed by atoms with van der Waals surface area (Å²) in [5.74, 6) is 0.490. The maximum atomic E-state index is 10.3. The predicted molar refractivity (Wildman–Crippen MR) is 51.5 cm³/mol. The van der Waals surface area contributed by atoms with Gasteiger partial charge in [-0.05, 0) is 14.1 Å². The lowest BCUT2D eigenvalue weighted by molar-refractivity contribution is -0.137. The summed E-state index contributed by atoms with van der Waals surface area (Å²) in [5, 5.41) is 8.44. The van der Waals surface area contributed by atoms with Gasteiger partial charge in [-0.25, -0.2) is 0 Å². The van der Waals surface area contributed by atoms with Crippen LogP contribution in [0.3, 0.4) is 0 Å². The van der Waals surface area contributed by atoms with Gasteiger partial charge in [-0.2, -0.15) is 11.8 Å². The van der Waals surface area contributed by atoms with Crippen LogP contribution in [-0.4, -0.2) is 54.2 Å². The summed E-state index contributed by atoms with van der Waals surface area (Å²) in [4.78, 5) is 12.3. The molecule has 3 N–H and O–H groups in total. The van der Waals surface area contributed by atoms with Crippen LogP contribution in [-0.2, 0) is 4.79 Å². The number of nitrogens with two attached hydrogens (primary N) is 1. The number of carboxylic acid groups (broad SMARTS) is 1. The molecule has 0 saturated heterocycles. The summed E-state index contributed by atoms with van der Waals surface area (Å²) < 4.78 is 0. The lowest BCUT2D eigenvalue weighted by Gasteiger charge is -2.09. The first-order valence-electron chi connectivity index (χ1n) is 3.75. The first kappa shape index (κ1) is 11.7. The van der Waals surface area contributed by atoms with Gasteiger partial charge in [0, 0.05) is 18.1 Å². The van der Waals surface area contributed by atoms with E-state index in [1.807, 2.05) is 14.1 Å². The Morgan fingerprint density at radius 1 is 1.67 bits per heavy atom. The van der Waals surface area contributed by atoms with Crippen LogP contribution in [0.5, 0.6) is 0 Å². The quantitative estimate of drug-likeness (QED) is 0.565. The van der Waals surface area contributed by atoms with Gasteiger partial charge in [-0.15, -0.1) is 0 Å². The van der Waals surface area contributed by atoms with Gasteiger partial charge in [0.25, 0.3) is 0 Å². The molecule has 0 aliphatic carbocycles. The van der Waals surface area contributed by atoms with Crippen molar-refractivity contribution in [2.75, 3.05) is 32.1 Å². The van der Waals surface area contributed by atoms with Gasteiger partial charge in [-0.1, -0.05) is 0 Å². The summed E-state index contributed by atoms with van der Waals surface area (Å²) in [6.45, 7) is 0.955. The van der Waals surface area contributed by atoms with Crippen molar-refractivity contribution in [1.82, 2.24) is 4.90 Å². The maximum absolute atomic E-state index is 10.3. The minimum absolute atomic E-state index is 0.489. The molecule has 0 aromatic heterocycles. The Labute approximate surface area is 77.1 Å². The zero-order valence-electron chi connectivity index (χ0n) is 7.49. The van der Waals surface area contributed by atoms with E-state index in [1.165, 1.54) is 0 Å². The average Bonchev–Trinajstić information content (AvgIpc) is 1.97. The highest BCUT2D eigenvalue weighted by molar-refractivity contribution is 7.99. The SMILES string of the molecule is CN(C)CCSC[C@@H](N)C(=O)O. The first-order valence-corrected chi connectivity index (χ1v) is 4.90. The Balaban J connectivity index is 3.25. The summed E-state index contributed by atoms with van der Waals surface area (Å²) in [6, 6.07) is -0.725. The molecule has 0 spiro atoms. The minimum Gasteiger partial charge on any atom is -0.480 e. The Kier molecular flexibility index (Phi) is 6.14. The van der Waals surface area contributed by atoms with Crippen LogP contribution in [0.15, 0.2) is 0 Å². The van der Waals surface area contributed by atoms with Crippen molar-refractivity contribution in [1.29, 1.82) is 0 Å². The standard InChI is InChI=1S/C7H16N2O2S/c1-9(2)3-4-12-5-6(8)7(10)11/h6H,3-5,8H2,1-2H3,(H,10,11)/t6-/m1/s1. The van der Waals surface area contributed by atoms with Crippen molar-refractivity contribution in [3.8, 4) is 0 Å². The molecule has 0 heterocycles. The van der Waals surface area contributed by atoms with Crippen molar-refractivity contribution >= 4 is 17.7 Å². The Morgan fingerprint density at radius 2 is 2.25 bits per heavy atom. The van der Waals surface area contributed by atoms with E-state index in [-0.39, 0.29) is 0 Å². The molecular formula is C7H16N2O2S. The monoisotopic (exact) mass is 192 g/mol. The van der Waals surface area contributed by atoms with Gasteiger partial charge >= 0.3 is 5.97 Å². The van der Waals surface area contributed by atoms with Gasteiger partial charge < -0.3 is 15.7 Å². The lowest BCUT2D eigenvalue weighted by Crippen LogP contribution is -2.32. The second-order valence-corrected chi connectivity index (χ2v) is 3.97. The van der Waals surface area contributed by atoms with Gasteiger partial charge in [0.05, 0.1) is 0 Å². The van der Waals surface area contributed by atoms with Gasteiger partial charge in [-0.3, -0.25) is 4.79 Å². The summed E-state index contributed by atoms with van der Waals surface area (Å²) >= 11 is 1.57. The van der Waals surface area contributed by atoms with Crippen molar-refractivity contribution in [2.24, 2.45) is 5.73 Å². The molecule has 4 nitrogen and oxygen atoms in total. The molecular weight excluding hydrogens is 176 g/mol. The molecule has 0 aliphatic heterocycles. The predicted octanol–water partition coefficient (Wildman–Crippen LogP) is -0.307. The van der Waals surface area contributed by atoms with Crippen molar-refractivity contribution in [3.05, 3.63) is 0 Å². The van der Waals surface area contributed by atoms with Gasteiger partial charge in [0.1, 0.15) is 6.04 Å². The molecule has 0 aliphatic rings. The molecule has 0 amide bonds. The van der Waals surface area contributed by atoms with Crippen LogP contribution in [0.25, 0.3) is 0 Å². The smallest absolute Gasteiger partial charge is 0.321 e. The fraction of sp³-hybridized carbons (Fsp3) is 0.857. The normalized spacial score (nSPS) is 13.3. The zero-order valence-corrected chi connectivity index (χ0v) is 8.30. The topological polar surface area (TPSA) is 66.6 Å². The van der Waals surface area contributed by atoms with Crippen LogP contribution < -0.4 is 5.73 Å². The van der Waals surface area contributed by atoms with E-state index in [0.29, 0.717) is 5.75 Å². The number of hydrogen-bond donors (Lipinski definition) is 2. The van der Waals surface area contributed by atoms with Crippen LogP contribution in [0.2, 0.25) is 0 Å². The Bertz CT molecular complexity index is 141. The van der Waals surface area contributed by atoms with Crippen molar-refractivity contribution in [3.63, 3.8) is 0 Å². The van der Waals surface area contributed by atoms with Gasteiger partial charge in [0.2, 0.25) is 0 Å². The molecule has 0 aromatic rings. The van der Waals surface area contributed by atoms with Crippen LogP contribution in [0.1, 0.15) is 0 Å². The maximum Gasteiger partial charge on any atom is 0.321 e. The second-order valence-electron chi connectivity index (χ2n) is 2.82. The highest BCUT2D eigenvalue weighted by atomic mass is 32.2. The molecule has 0 fully saturated rings. The summed E-state index contributed by atoms with van der Waals surface area (Å²) in [7, 11) is 3.97. The summed E-state index contributed by atoms with van der Waals surface area (Å²) in [5.41, 5.74) is 5.30. The highest BCUT2D eigenvalue weighted by Crippen LogP contribution is 2.01. The van der Waals surface area contributed by atoms with E-state index < -0.39 is 12.0 Å². The third-order valence-electron chi connectivity index (χ3n) is 1.30. The van der Waals surface area contributed by atoms with E-state index in [2.05, 4.69) is 4.90 Å². The molecule has 5 heteroatoms. The Hall–Kier alpha value is -0.260. The molecule has 0 radical (unpaired) electrons. The van der Waals surface area contributed by atoms with E-state index in [1.54, 1.807) is 11.8 Å². The summed E-state index contributed by atoms with van der Waals surface area (Å²) in [6.07, 6.45) is 0. The molecule has 12 heavy (non-hydrogen) atoms. The fourth-order valence-corrected chi connectivity index (χ4v) is 1.59. The van der Waals surface area contributed by atoms with Crippen LogP contribution >= 0.6 is 11.8 Å². The number of nitrogens with zero attached hydrogens (tertiary/aromatic N) is 1. The number of carboxylic acids is 1. The van der Waals surface area contributed by atoms with E-state index in [4.69, 9.17) is 10.8 Å². The first-order chi connectivity index (χ1) is 5.54. The zero-order chi connectivity index (χ0) is 9.56. The number of carbonyl (C=O) groups is 1. The average molecular weight is 192 g/mol. The number of rotatable bonds is 6. The van der Waals surface area contributed by atoms with Crippen LogP contribution in [0.4, 0.5) is 0 Å². The largest absolute Gasteiger partial charge is 0.480 e. The van der Waals surface area contributed by atoms with Crippen molar-refractivity contribution < 1.29 is 9.90 Å². The molecule has 0 aromatic carbocycles. The third kappa shape index (κ3) is 6.45. The number of aliphatic carboxylic acids is 1. The molecule has 0 unspecified atom stereocenters. The molecule has 0 bridgehead atoms. The molecule has 0 saturated carbocycles. The molecule has 0 rings (SSSR count). The molecule has 72 valence electrons.